The maximum absolute atomic E-state index is 11.8. The Kier molecular flexibility index (Phi) is 6.52. The lowest BCUT2D eigenvalue weighted by molar-refractivity contribution is -0.128. The molecule has 6 heteroatoms. The maximum Gasteiger partial charge on any atom is 0.341 e. The first-order valence-electron chi connectivity index (χ1n) is 6.85. The summed E-state index contributed by atoms with van der Waals surface area (Å²) < 4.78 is 10.5. The molecule has 0 aromatic heterocycles. The first kappa shape index (κ1) is 16.8. The highest BCUT2D eigenvalue weighted by molar-refractivity contribution is 5.93. The van der Waals surface area contributed by atoms with E-state index in [1.807, 2.05) is 0 Å². The predicted molar refractivity (Wildman–Crippen MR) is 80.2 cm³/mol. The number of anilines is 1. The van der Waals surface area contributed by atoms with E-state index in [9.17, 15) is 9.59 Å². The fraction of sp³-hybridized carbons (Fsp3) is 0.467. The van der Waals surface area contributed by atoms with Crippen LogP contribution in [0, 0.1) is 0 Å². The SMILES string of the molecule is CCOC(=O)c1cc(N)ccc1OCCCC(=O)N(C)C. The number of hydrogen-bond donors (Lipinski definition) is 1. The standard InChI is InChI=1S/C15H22N2O4/c1-4-20-15(19)12-10-11(16)7-8-13(12)21-9-5-6-14(18)17(2)3/h7-8,10H,4-6,9,16H2,1-3H3. The van der Waals surface area contributed by atoms with Crippen molar-refractivity contribution in [2.75, 3.05) is 33.0 Å². The van der Waals surface area contributed by atoms with E-state index in [1.165, 1.54) is 11.0 Å². The number of esters is 1. The molecular formula is C15H22N2O4. The van der Waals surface area contributed by atoms with Crippen LogP contribution in [0.15, 0.2) is 18.2 Å². The summed E-state index contributed by atoms with van der Waals surface area (Å²) in [5, 5.41) is 0. The average molecular weight is 294 g/mol. The lowest BCUT2D eigenvalue weighted by atomic mass is 10.2. The zero-order chi connectivity index (χ0) is 15.8. The Labute approximate surface area is 124 Å². The van der Waals surface area contributed by atoms with E-state index in [2.05, 4.69) is 0 Å². The van der Waals surface area contributed by atoms with Crippen molar-refractivity contribution in [3.63, 3.8) is 0 Å². The lowest BCUT2D eigenvalue weighted by Gasteiger charge is -2.13. The number of rotatable bonds is 7. The average Bonchev–Trinajstić information content (AvgIpc) is 2.44. The molecule has 0 saturated heterocycles. The van der Waals surface area contributed by atoms with Gasteiger partial charge in [-0.15, -0.1) is 0 Å². The molecule has 0 radical (unpaired) electrons. The van der Waals surface area contributed by atoms with E-state index in [0.29, 0.717) is 36.4 Å². The summed E-state index contributed by atoms with van der Waals surface area (Å²) >= 11 is 0. The smallest absolute Gasteiger partial charge is 0.341 e. The van der Waals surface area contributed by atoms with Gasteiger partial charge in [-0.2, -0.15) is 0 Å². The van der Waals surface area contributed by atoms with Crippen molar-refractivity contribution in [3.05, 3.63) is 23.8 Å². The largest absolute Gasteiger partial charge is 0.493 e. The second-order valence-electron chi connectivity index (χ2n) is 4.72. The Balaban J connectivity index is 2.62. The molecule has 0 heterocycles. The zero-order valence-electron chi connectivity index (χ0n) is 12.7. The van der Waals surface area contributed by atoms with Gasteiger partial charge in [0.15, 0.2) is 0 Å². The second kappa shape index (κ2) is 8.14. The van der Waals surface area contributed by atoms with E-state index in [-0.39, 0.29) is 12.5 Å². The maximum atomic E-state index is 11.8. The van der Waals surface area contributed by atoms with E-state index < -0.39 is 5.97 Å². The summed E-state index contributed by atoms with van der Waals surface area (Å²) in [5.41, 5.74) is 6.44. The van der Waals surface area contributed by atoms with Crippen molar-refractivity contribution in [1.29, 1.82) is 0 Å². The number of nitrogens with two attached hydrogens (primary N) is 1. The predicted octanol–water partition coefficient (Wildman–Crippen LogP) is 1.69. The van der Waals surface area contributed by atoms with Crippen LogP contribution >= 0.6 is 0 Å². The molecule has 1 rings (SSSR count). The molecule has 21 heavy (non-hydrogen) atoms. The molecule has 0 aliphatic heterocycles. The van der Waals surface area contributed by atoms with Gasteiger partial charge in [-0.3, -0.25) is 4.79 Å². The molecule has 0 unspecified atom stereocenters. The van der Waals surface area contributed by atoms with Gasteiger partial charge in [0.1, 0.15) is 11.3 Å². The molecular weight excluding hydrogens is 272 g/mol. The van der Waals surface area contributed by atoms with Gasteiger partial charge in [0.25, 0.3) is 0 Å². The summed E-state index contributed by atoms with van der Waals surface area (Å²) in [6, 6.07) is 4.82. The zero-order valence-corrected chi connectivity index (χ0v) is 12.7. The van der Waals surface area contributed by atoms with E-state index in [4.69, 9.17) is 15.2 Å². The Hall–Kier alpha value is -2.24. The third-order valence-electron chi connectivity index (χ3n) is 2.79. The Morgan fingerprint density at radius 3 is 2.62 bits per heavy atom. The molecule has 6 nitrogen and oxygen atoms in total. The normalized spacial score (nSPS) is 10.0. The molecule has 116 valence electrons. The first-order valence-corrected chi connectivity index (χ1v) is 6.85. The van der Waals surface area contributed by atoms with E-state index in [1.54, 1.807) is 33.2 Å². The number of carbonyl (C=O) groups excluding carboxylic acids is 2. The van der Waals surface area contributed by atoms with Crippen LogP contribution in [-0.2, 0) is 9.53 Å². The van der Waals surface area contributed by atoms with Gasteiger partial charge in [-0.25, -0.2) is 4.79 Å². The number of amides is 1. The van der Waals surface area contributed by atoms with Crippen molar-refractivity contribution < 1.29 is 19.1 Å². The Morgan fingerprint density at radius 1 is 1.29 bits per heavy atom. The summed E-state index contributed by atoms with van der Waals surface area (Å²) in [6.45, 7) is 2.36. The van der Waals surface area contributed by atoms with Crippen LogP contribution in [0.2, 0.25) is 0 Å². The highest BCUT2D eigenvalue weighted by Gasteiger charge is 2.14. The molecule has 2 N–H and O–H groups in total. The van der Waals surface area contributed by atoms with Gasteiger partial charge in [-0.05, 0) is 31.5 Å². The number of nitrogen functional groups attached to an aromatic ring is 1. The number of hydrogen-bond acceptors (Lipinski definition) is 5. The van der Waals surface area contributed by atoms with Crippen LogP contribution < -0.4 is 10.5 Å². The summed E-state index contributed by atoms with van der Waals surface area (Å²) in [7, 11) is 3.42. The summed E-state index contributed by atoms with van der Waals surface area (Å²) in [4.78, 5) is 24.8. The topological polar surface area (TPSA) is 81.9 Å². The van der Waals surface area contributed by atoms with Crippen LogP contribution in [0.1, 0.15) is 30.1 Å². The fourth-order valence-electron chi connectivity index (χ4n) is 1.67. The molecule has 0 aliphatic carbocycles. The minimum Gasteiger partial charge on any atom is -0.493 e. The Bertz CT molecular complexity index is 500. The molecule has 0 bridgehead atoms. The van der Waals surface area contributed by atoms with Crippen molar-refractivity contribution in [2.24, 2.45) is 0 Å². The third kappa shape index (κ3) is 5.33. The van der Waals surface area contributed by atoms with Crippen LogP contribution in [0.4, 0.5) is 5.69 Å². The van der Waals surface area contributed by atoms with Crippen molar-refractivity contribution in [2.45, 2.75) is 19.8 Å². The highest BCUT2D eigenvalue weighted by atomic mass is 16.5. The van der Waals surface area contributed by atoms with Gasteiger partial charge in [0.2, 0.25) is 5.91 Å². The fourth-order valence-corrected chi connectivity index (χ4v) is 1.67. The van der Waals surface area contributed by atoms with Gasteiger partial charge in [-0.1, -0.05) is 0 Å². The lowest BCUT2D eigenvalue weighted by Crippen LogP contribution is -2.21. The third-order valence-corrected chi connectivity index (χ3v) is 2.79. The van der Waals surface area contributed by atoms with Gasteiger partial charge >= 0.3 is 5.97 Å². The minimum atomic E-state index is -0.468. The van der Waals surface area contributed by atoms with Crippen LogP contribution in [0.25, 0.3) is 0 Å². The van der Waals surface area contributed by atoms with E-state index >= 15 is 0 Å². The molecule has 1 amide bonds. The minimum absolute atomic E-state index is 0.0431. The van der Waals surface area contributed by atoms with Crippen LogP contribution in [-0.4, -0.2) is 44.1 Å². The molecule has 1 aromatic carbocycles. The first-order chi connectivity index (χ1) is 9.95. The molecule has 1 aromatic rings. The summed E-state index contributed by atoms with van der Waals surface area (Å²) in [6.07, 6.45) is 0.973. The quantitative estimate of drug-likeness (QED) is 0.470. The molecule has 0 fully saturated rings. The number of carbonyl (C=O) groups is 2. The van der Waals surface area contributed by atoms with Gasteiger partial charge < -0.3 is 20.1 Å². The number of ether oxygens (including phenoxy) is 2. The van der Waals surface area contributed by atoms with Crippen molar-refractivity contribution in [3.8, 4) is 5.75 Å². The molecule has 0 aliphatic rings. The highest BCUT2D eigenvalue weighted by Crippen LogP contribution is 2.22. The monoisotopic (exact) mass is 294 g/mol. The van der Waals surface area contributed by atoms with Gasteiger partial charge in [0, 0.05) is 26.2 Å². The van der Waals surface area contributed by atoms with Crippen molar-refractivity contribution in [1.82, 2.24) is 4.90 Å². The molecule has 0 saturated carbocycles. The van der Waals surface area contributed by atoms with Crippen molar-refractivity contribution >= 4 is 17.6 Å². The van der Waals surface area contributed by atoms with Gasteiger partial charge in [0.05, 0.1) is 13.2 Å². The van der Waals surface area contributed by atoms with E-state index in [0.717, 1.165) is 0 Å². The van der Waals surface area contributed by atoms with Crippen LogP contribution in [0.3, 0.4) is 0 Å². The molecule has 0 atom stereocenters. The number of benzene rings is 1. The van der Waals surface area contributed by atoms with Crippen LogP contribution in [0.5, 0.6) is 5.75 Å². The number of nitrogens with zero attached hydrogens (tertiary/aromatic N) is 1. The molecule has 0 spiro atoms. The Morgan fingerprint density at radius 2 is 2.00 bits per heavy atom. The summed E-state index contributed by atoms with van der Waals surface area (Å²) in [5.74, 6) is -0.00866. The second-order valence-corrected chi connectivity index (χ2v) is 4.72.